The van der Waals surface area contributed by atoms with Crippen LogP contribution in [0.2, 0.25) is 0 Å². The molecule has 0 aliphatic carbocycles. The Labute approximate surface area is 105 Å². The molecule has 1 heterocycles. The lowest BCUT2D eigenvalue weighted by atomic mass is 10.3. The molecule has 1 fully saturated rings. The third kappa shape index (κ3) is 2.98. The van der Waals surface area contributed by atoms with E-state index in [1.54, 1.807) is 17.9 Å². The Kier molecular flexibility index (Phi) is 3.81. The number of halogens is 1. The minimum atomic E-state index is -0.683. The molecule has 0 aromatic heterocycles. The molecule has 0 spiro atoms. The summed E-state index contributed by atoms with van der Waals surface area (Å²) in [5.41, 5.74) is 0. The summed E-state index contributed by atoms with van der Waals surface area (Å²) in [6, 6.07) is 5.69. The summed E-state index contributed by atoms with van der Waals surface area (Å²) in [7, 11) is 0. The Bertz CT molecular complexity index is 438. The van der Waals surface area contributed by atoms with E-state index < -0.39 is 18.0 Å². The van der Waals surface area contributed by atoms with Crippen molar-refractivity contribution >= 4 is 5.91 Å². The van der Waals surface area contributed by atoms with Crippen LogP contribution >= 0.6 is 0 Å². The number of benzene rings is 1. The molecule has 1 saturated heterocycles. The second-order valence-corrected chi connectivity index (χ2v) is 4.44. The Balaban J connectivity index is 1.95. The molecule has 0 bridgehead atoms. The lowest BCUT2D eigenvalue weighted by Crippen LogP contribution is -2.39. The maximum atomic E-state index is 13.0. The van der Waals surface area contributed by atoms with E-state index in [9.17, 15) is 14.3 Å². The first kappa shape index (κ1) is 12.8. The number of hydrogen-bond donors (Lipinski definition) is 1. The minimum absolute atomic E-state index is 0.184. The van der Waals surface area contributed by atoms with Crippen molar-refractivity contribution in [1.82, 2.24) is 4.90 Å². The van der Waals surface area contributed by atoms with E-state index in [0.717, 1.165) is 0 Å². The van der Waals surface area contributed by atoms with Crippen molar-refractivity contribution in [2.75, 3.05) is 13.1 Å². The van der Waals surface area contributed by atoms with Gasteiger partial charge in [0.25, 0.3) is 5.91 Å². The standard InChI is InChI=1S/C13H16FNO3/c1-9(13(17)15-6-5-11(16)8-15)18-12-4-2-3-10(14)7-12/h2-4,7,9,11,16H,5-6,8H2,1H3. The van der Waals surface area contributed by atoms with Gasteiger partial charge in [0.15, 0.2) is 6.10 Å². The van der Waals surface area contributed by atoms with Gasteiger partial charge in [-0.1, -0.05) is 6.07 Å². The largest absolute Gasteiger partial charge is 0.481 e. The highest BCUT2D eigenvalue weighted by Crippen LogP contribution is 2.16. The average molecular weight is 253 g/mol. The van der Waals surface area contributed by atoms with Gasteiger partial charge in [-0.3, -0.25) is 4.79 Å². The Morgan fingerprint density at radius 1 is 1.61 bits per heavy atom. The number of hydrogen-bond acceptors (Lipinski definition) is 3. The summed E-state index contributed by atoms with van der Waals surface area (Å²) in [6.07, 6.45) is -0.536. The van der Waals surface area contributed by atoms with Gasteiger partial charge >= 0.3 is 0 Å². The fraction of sp³-hybridized carbons (Fsp3) is 0.462. The van der Waals surface area contributed by atoms with Crippen LogP contribution in [0.1, 0.15) is 13.3 Å². The smallest absolute Gasteiger partial charge is 0.263 e. The monoisotopic (exact) mass is 253 g/mol. The molecule has 1 aromatic rings. The Morgan fingerprint density at radius 3 is 3.00 bits per heavy atom. The molecule has 2 atom stereocenters. The second-order valence-electron chi connectivity index (χ2n) is 4.44. The number of amides is 1. The van der Waals surface area contributed by atoms with Crippen LogP contribution in [-0.2, 0) is 4.79 Å². The Hall–Kier alpha value is -1.62. The molecule has 5 heteroatoms. The third-order valence-corrected chi connectivity index (χ3v) is 2.93. The van der Waals surface area contributed by atoms with E-state index in [-0.39, 0.29) is 5.91 Å². The van der Waals surface area contributed by atoms with Crippen molar-refractivity contribution in [3.8, 4) is 5.75 Å². The zero-order chi connectivity index (χ0) is 13.1. The van der Waals surface area contributed by atoms with Gasteiger partial charge in [-0.25, -0.2) is 4.39 Å². The second kappa shape index (κ2) is 5.35. The molecular weight excluding hydrogens is 237 g/mol. The predicted molar refractivity (Wildman–Crippen MR) is 63.7 cm³/mol. The summed E-state index contributed by atoms with van der Waals surface area (Å²) in [6.45, 7) is 2.50. The van der Waals surface area contributed by atoms with E-state index >= 15 is 0 Å². The van der Waals surface area contributed by atoms with Crippen LogP contribution in [0.3, 0.4) is 0 Å². The molecule has 4 nitrogen and oxygen atoms in total. The number of aliphatic hydroxyl groups excluding tert-OH is 1. The number of carbonyl (C=O) groups excluding carboxylic acids is 1. The molecule has 1 aromatic carbocycles. The molecule has 18 heavy (non-hydrogen) atoms. The van der Waals surface area contributed by atoms with Crippen molar-refractivity contribution in [2.45, 2.75) is 25.6 Å². The fourth-order valence-electron chi connectivity index (χ4n) is 1.99. The number of aliphatic hydroxyl groups is 1. The highest BCUT2D eigenvalue weighted by molar-refractivity contribution is 5.81. The quantitative estimate of drug-likeness (QED) is 0.880. The van der Waals surface area contributed by atoms with Crippen LogP contribution in [0.15, 0.2) is 24.3 Å². The van der Waals surface area contributed by atoms with Gasteiger partial charge in [0, 0.05) is 19.2 Å². The molecule has 2 unspecified atom stereocenters. The van der Waals surface area contributed by atoms with Crippen molar-refractivity contribution < 1.29 is 19.0 Å². The molecule has 0 saturated carbocycles. The Morgan fingerprint density at radius 2 is 2.39 bits per heavy atom. The summed E-state index contributed by atoms with van der Waals surface area (Å²) in [5, 5.41) is 9.37. The summed E-state index contributed by atoms with van der Waals surface area (Å²) in [4.78, 5) is 13.5. The number of ether oxygens (including phenoxy) is 1. The van der Waals surface area contributed by atoms with Crippen LogP contribution in [0.5, 0.6) is 5.75 Å². The highest BCUT2D eigenvalue weighted by atomic mass is 19.1. The van der Waals surface area contributed by atoms with Crippen molar-refractivity contribution in [2.24, 2.45) is 0 Å². The third-order valence-electron chi connectivity index (χ3n) is 2.93. The van der Waals surface area contributed by atoms with Gasteiger partial charge in [0.05, 0.1) is 6.10 Å². The molecule has 2 rings (SSSR count). The van der Waals surface area contributed by atoms with E-state index in [2.05, 4.69) is 0 Å². The zero-order valence-electron chi connectivity index (χ0n) is 10.2. The van der Waals surface area contributed by atoms with E-state index in [1.165, 1.54) is 18.2 Å². The average Bonchev–Trinajstić information content (AvgIpc) is 2.75. The number of rotatable bonds is 3. The van der Waals surface area contributed by atoms with Crippen LogP contribution in [0, 0.1) is 5.82 Å². The van der Waals surface area contributed by atoms with Crippen molar-refractivity contribution in [3.63, 3.8) is 0 Å². The van der Waals surface area contributed by atoms with Crippen molar-refractivity contribution in [1.29, 1.82) is 0 Å². The van der Waals surface area contributed by atoms with Crippen molar-refractivity contribution in [3.05, 3.63) is 30.1 Å². The lowest BCUT2D eigenvalue weighted by molar-refractivity contribution is -0.137. The summed E-state index contributed by atoms with van der Waals surface area (Å²) >= 11 is 0. The fourth-order valence-corrected chi connectivity index (χ4v) is 1.99. The molecule has 0 radical (unpaired) electrons. The number of carbonyl (C=O) groups is 1. The normalized spacial score (nSPS) is 20.8. The van der Waals surface area contributed by atoms with E-state index in [4.69, 9.17) is 4.74 Å². The first-order valence-electron chi connectivity index (χ1n) is 5.95. The summed E-state index contributed by atoms with van der Waals surface area (Å²) < 4.78 is 18.4. The molecule has 1 aliphatic heterocycles. The van der Waals surface area contributed by atoms with E-state index in [0.29, 0.717) is 25.3 Å². The van der Waals surface area contributed by atoms with Gasteiger partial charge in [-0.2, -0.15) is 0 Å². The van der Waals surface area contributed by atoms with Gasteiger partial charge in [-0.05, 0) is 25.5 Å². The number of likely N-dealkylation sites (tertiary alicyclic amines) is 1. The van der Waals surface area contributed by atoms with Crippen LogP contribution < -0.4 is 4.74 Å². The lowest BCUT2D eigenvalue weighted by Gasteiger charge is -2.21. The predicted octanol–water partition coefficient (Wildman–Crippen LogP) is 1.19. The maximum Gasteiger partial charge on any atom is 0.263 e. The molecule has 1 aliphatic rings. The van der Waals surface area contributed by atoms with Gasteiger partial charge in [-0.15, -0.1) is 0 Å². The molecule has 1 N–H and O–H groups in total. The van der Waals surface area contributed by atoms with Gasteiger partial charge in [0.2, 0.25) is 0 Å². The SMILES string of the molecule is CC(Oc1cccc(F)c1)C(=O)N1CCC(O)C1. The van der Waals surface area contributed by atoms with Gasteiger partial charge < -0.3 is 14.7 Å². The zero-order valence-corrected chi connectivity index (χ0v) is 10.2. The molecule has 1 amide bonds. The number of nitrogens with zero attached hydrogens (tertiary/aromatic N) is 1. The first-order chi connectivity index (χ1) is 8.56. The molecular formula is C13H16FNO3. The van der Waals surface area contributed by atoms with Crippen LogP contribution in [0.4, 0.5) is 4.39 Å². The van der Waals surface area contributed by atoms with Gasteiger partial charge in [0.1, 0.15) is 11.6 Å². The highest BCUT2D eigenvalue weighted by Gasteiger charge is 2.28. The van der Waals surface area contributed by atoms with E-state index in [1.807, 2.05) is 0 Å². The van der Waals surface area contributed by atoms with Crippen LogP contribution in [0.25, 0.3) is 0 Å². The topological polar surface area (TPSA) is 49.8 Å². The first-order valence-corrected chi connectivity index (χ1v) is 5.95. The molecule has 98 valence electrons. The number of β-amino-alcohol motifs (C(OH)–C–C–N with tert-alkyl or cyclic N) is 1. The maximum absolute atomic E-state index is 13.0. The minimum Gasteiger partial charge on any atom is -0.481 e. The van der Waals surface area contributed by atoms with Crippen LogP contribution in [-0.4, -0.2) is 41.2 Å². The summed E-state index contributed by atoms with van der Waals surface area (Å²) in [5.74, 6) is -0.254.